The molecule has 37 heavy (non-hydrogen) atoms. The van der Waals surface area contributed by atoms with E-state index in [9.17, 15) is 9.18 Å². The molecule has 3 aromatic rings. The minimum atomic E-state index is -0.944. The standard InChI is InChI=1S/C28H35FN6O2/c1-17-11-20-14-30-24(31-27(36)26-18(2)25(26)21-5-6-33(4)32-21)13-19(20)12-22(17)34-7-9-35(10-8-34)28(3)16-37-15-23(28)29/h5-6,11-14,18,23,25-26H,7-10,15-16H2,1-4H3,(H,30,31,36)/t18-,23-,25+,26-,28+/m1/s1. The largest absolute Gasteiger partial charge is 0.376 e. The number of rotatable bonds is 5. The van der Waals surface area contributed by atoms with Crippen LogP contribution in [0, 0.1) is 18.8 Å². The molecule has 2 aliphatic heterocycles. The fraction of sp³-hybridized carbons (Fsp3) is 0.536. The van der Waals surface area contributed by atoms with E-state index in [4.69, 9.17) is 4.74 Å². The summed E-state index contributed by atoms with van der Waals surface area (Å²) in [4.78, 5) is 22.2. The second kappa shape index (κ2) is 9.06. The molecule has 1 aliphatic carbocycles. The number of aromatic nitrogens is 3. The summed E-state index contributed by atoms with van der Waals surface area (Å²) in [5.74, 6) is 0.885. The minimum absolute atomic E-state index is 0.00554. The van der Waals surface area contributed by atoms with Gasteiger partial charge in [-0.15, -0.1) is 0 Å². The van der Waals surface area contributed by atoms with Gasteiger partial charge < -0.3 is 15.0 Å². The Labute approximate surface area is 216 Å². The highest BCUT2D eigenvalue weighted by molar-refractivity contribution is 5.97. The maximum absolute atomic E-state index is 14.5. The molecule has 0 unspecified atom stereocenters. The Morgan fingerprint density at radius 2 is 1.97 bits per heavy atom. The molecule has 1 N–H and O–H groups in total. The maximum atomic E-state index is 14.5. The Bertz CT molecular complexity index is 1340. The average Bonchev–Trinajstić information content (AvgIpc) is 3.15. The van der Waals surface area contributed by atoms with Crippen molar-refractivity contribution in [1.82, 2.24) is 19.7 Å². The summed E-state index contributed by atoms with van der Waals surface area (Å²) in [5, 5.41) is 9.61. The first-order valence-corrected chi connectivity index (χ1v) is 13.2. The van der Waals surface area contributed by atoms with Crippen LogP contribution in [0.4, 0.5) is 15.9 Å². The molecule has 2 aromatic heterocycles. The minimum Gasteiger partial charge on any atom is -0.376 e. The summed E-state index contributed by atoms with van der Waals surface area (Å²) in [6.07, 6.45) is 2.80. The SMILES string of the molecule is Cc1cc2cnc(NC(=O)[C@@H]3[C@H](C)[C@H]3c3ccn(C)n3)cc2cc1N1CCN([C@@]2(C)COC[C@H]2F)CC1. The van der Waals surface area contributed by atoms with Crippen LogP contribution in [0.3, 0.4) is 0 Å². The van der Waals surface area contributed by atoms with Gasteiger partial charge >= 0.3 is 0 Å². The topological polar surface area (TPSA) is 75.5 Å². The quantitative estimate of drug-likeness (QED) is 0.571. The molecule has 0 bridgehead atoms. The van der Waals surface area contributed by atoms with Gasteiger partial charge in [0.1, 0.15) is 12.0 Å². The number of benzene rings is 1. The first-order valence-electron chi connectivity index (χ1n) is 13.2. The third-order valence-electron chi connectivity index (χ3n) is 8.72. The van der Waals surface area contributed by atoms with Gasteiger partial charge in [0.05, 0.1) is 30.4 Å². The van der Waals surface area contributed by atoms with E-state index >= 15 is 0 Å². The summed E-state index contributed by atoms with van der Waals surface area (Å²) in [7, 11) is 1.89. The highest BCUT2D eigenvalue weighted by Crippen LogP contribution is 2.53. The Hall–Kier alpha value is -3.04. The third-order valence-corrected chi connectivity index (χ3v) is 8.72. The summed E-state index contributed by atoms with van der Waals surface area (Å²) in [6, 6.07) is 8.29. The molecule has 1 saturated carbocycles. The van der Waals surface area contributed by atoms with Gasteiger partial charge in [0.15, 0.2) is 0 Å². The molecular formula is C28H35FN6O2. The van der Waals surface area contributed by atoms with Crippen molar-refractivity contribution < 1.29 is 13.9 Å². The number of pyridine rings is 1. The fourth-order valence-corrected chi connectivity index (χ4v) is 6.23. The van der Waals surface area contributed by atoms with Gasteiger partial charge in [-0.05, 0) is 55.0 Å². The van der Waals surface area contributed by atoms with Crippen LogP contribution < -0.4 is 10.2 Å². The normalized spacial score (nSPS) is 30.1. The number of fused-ring (bicyclic) bond motifs is 1. The molecule has 1 aromatic carbocycles. The third kappa shape index (κ3) is 4.28. The van der Waals surface area contributed by atoms with Crippen LogP contribution in [0.1, 0.15) is 31.0 Å². The molecule has 4 heterocycles. The lowest BCUT2D eigenvalue weighted by Gasteiger charge is -2.45. The number of piperazine rings is 1. The Morgan fingerprint density at radius 3 is 2.65 bits per heavy atom. The number of anilines is 2. The van der Waals surface area contributed by atoms with E-state index in [2.05, 4.69) is 51.2 Å². The van der Waals surface area contributed by atoms with Crippen LogP contribution in [0.2, 0.25) is 0 Å². The number of aryl methyl sites for hydroxylation is 2. The summed E-state index contributed by atoms with van der Waals surface area (Å²) in [5.41, 5.74) is 2.80. The number of carbonyl (C=O) groups is 1. The van der Waals surface area contributed by atoms with Crippen molar-refractivity contribution in [3.05, 3.63) is 47.9 Å². The number of hydrogen-bond acceptors (Lipinski definition) is 6. The number of nitrogens with zero attached hydrogens (tertiary/aromatic N) is 5. The van der Waals surface area contributed by atoms with Crippen LogP contribution in [-0.4, -0.2) is 76.7 Å². The van der Waals surface area contributed by atoms with Gasteiger partial charge in [-0.2, -0.15) is 5.10 Å². The van der Waals surface area contributed by atoms with Crippen LogP contribution in [0.5, 0.6) is 0 Å². The van der Waals surface area contributed by atoms with E-state index in [0.717, 1.165) is 42.6 Å². The summed E-state index contributed by atoms with van der Waals surface area (Å²) in [6.45, 7) is 10.1. The zero-order chi connectivity index (χ0) is 25.9. The number of hydrogen-bond donors (Lipinski definition) is 1. The molecule has 3 aliphatic rings. The predicted molar refractivity (Wildman–Crippen MR) is 142 cm³/mol. The molecule has 0 radical (unpaired) electrons. The first kappa shape index (κ1) is 24.3. The summed E-state index contributed by atoms with van der Waals surface area (Å²) >= 11 is 0. The zero-order valence-electron chi connectivity index (χ0n) is 21.9. The highest BCUT2D eigenvalue weighted by Gasteiger charge is 2.53. The molecular weight excluding hydrogens is 471 g/mol. The lowest BCUT2D eigenvalue weighted by atomic mass is 9.96. The molecule has 6 rings (SSSR count). The summed E-state index contributed by atoms with van der Waals surface area (Å²) < 4.78 is 21.7. The van der Waals surface area contributed by atoms with E-state index in [-0.39, 0.29) is 30.3 Å². The zero-order valence-corrected chi connectivity index (χ0v) is 21.9. The molecule has 1 amide bonds. The highest BCUT2D eigenvalue weighted by atomic mass is 19.1. The lowest BCUT2D eigenvalue weighted by molar-refractivity contribution is -0.117. The Balaban J connectivity index is 1.16. The van der Waals surface area contributed by atoms with Gasteiger partial charge in [-0.3, -0.25) is 14.4 Å². The molecule has 3 fully saturated rings. The van der Waals surface area contributed by atoms with Gasteiger partial charge in [0.2, 0.25) is 5.91 Å². The van der Waals surface area contributed by atoms with E-state index in [1.165, 1.54) is 11.3 Å². The first-order chi connectivity index (χ1) is 17.7. The van der Waals surface area contributed by atoms with Crippen molar-refractivity contribution in [3.8, 4) is 0 Å². The number of halogens is 1. The number of carbonyl (C=O) groups excluding carboxylic acids is 1. The van der Waals surface area contributed by atoms with Gasteiger partial charge in [0.25, 0.3) is 0 Å². The van der Waals surface area contributed by atoms with Crippen molar-refractivity contribution in [2.45, 2.75) is 38.4 Å². The predicted octanol–water partition coefficient (Wildman–Crippen LogP) is 3.51. The lowest BCUT2D eigenvalue weighted by Crippen LogP contribution is -2.59. The van der Waals surface area contributed by atoms with Crippen molar-refractivity contribution in [1.29, 1.82) is 0 Å². The number of amides is 1. The number of nitrogens with one attached hydrogen (secondary N) is 1. The second-order valence-corrected chi connectivity index (χ2v) is 11.2. The Kier molecular flexibility index (Phi) is 5.95. The van der Waals surface area contributed by atoms with Crippen molar-refractivity contribution in [3.63, 3.8) is 0 Å². The van der Waals surface area contributed by atoms with E-state index in [1.54, 1.807) is 4.68 Å². The fourth-order valence-electron chi connectivity index (χ4n) is 6.23. The van der Waals surface area contributed by atoms with Gasteiger partial charge in [-0.1, -0.05) is 6.92 Å². The van der Waals surface area contributed by atoms with E-state index < -0.39 is 11.7 Å². The van der Waals surface area contributed by atoms with Crippen molar-refractivity contribution in [2.75, 3.05) is 49.6 Å². The van der Waals surface area contributed by atoms with Crippen LogP contribution in [-0.2, 0) is 16.6 Å². The van der Waals surface area contributed by atoms with Crippen molar-refractivity contribution in [2.24, 2.45) is 18.9 Å². The van der Waals surface area contributed by atoms with Crippen LogP contribution in [0.15, 0.2) is 36.7 Å². The van der Waals surface area contributed by atoms with Crippen molar-refractivity contribution >= 4 is 28.2 Å². The Morgan fingerprint density at radius 1 is 1.19 bits per heavy atom. The smallest absolute Gasteiger partial charge is 0.229 e. The average molecular weight is 507 g/mol. The molecule has 0 spiro atoms. The maximum Gasteiger partial charge on any atom is 0.229 e. The monoisotopic (exact) mass is 506 g/mol. The van der Waals surface area contributed by atoms with E-state index in [1.807, 2.05) is 38.5 Å². The van der Waals surface area contributed by atoms with Crippen LogP contribution in [0.25, 0.3) is 10.8 Å². The number of alkyl halides is 1. The number of ether oxygens (including phenoxy) is 1. The van der Waals surface area contributed by atoms with Gasteiger partial charge in [-0.25, -0.2) is 9.37 Å². The molecule has 8 nitrogen and oxygen atoms in total. The van der Waals surface area contributed by atoms with Crippen LogP contribution >= 0.6 is 0 Å². The molecule has 9 heteroatoms. The molecule has 2 saturated heterocycles. The second-order valence-electron chi connectivity index (χ2n) is 11.2. The van der Waals surface area contributed by atoms with Gasteiger partial charge in [0, 0.05) is 62.6 Å². The molecule has 196 valence electrons. The molecule has 5 atom stereocenters. The van der Waals surface area contributed by atoms with E-state index in [0.29, 0.717) is 12.4 Å².